The number of nitrogens with two attached hydrogens (primary N) is 1. The second-order valence-electron chi connectivity index (χ2n) is 2.95. The van der Waals surface area contributed by atoms with Gasteiger partial charge in [-0.15, -0.1) is 11.6 Å². The van der Waals surface area contributed by atoms with E-state index >= 15 is 0 Å². The lowest BCUT2D eigenvalue weighted by Gasteiger charge is -2.13. The Morgan fingerprint density at radius 3 is 3.08 bits per heavy atom. The summed E-state index contributed by atoms with van der Waals surface area (Å²) in [5.74, 6) is 0.0741. The Labute approximate surface area is 81.7 Å². The van der Waals surface area contributed by atoms with Crippen LogP contribution in [0.3, 0.4) is 0 Å². The maximum atomic E-state index is 10.7. The van der Waals surface area contributed by atoms with Crippen molar-refractivity contribution in [1.82, 2.24) is 9.55 Å². The first-order valence-corrected chi connectivity index (χ1v) is 4.53. The highest BCUT2D eigenvalue weighted by Gasteiger charge is 2.10. The topological polar surface area (TPSA) is 60.9 Å². The predicted molar refractivity (Wildman–Crippen MR) is 50.3 cm³/mol. The Kier molecular flexibility index (Phi) is 3.31. The van der Waals surface area contributed by atoms with Gasteiger partial charge in [0, 0.05) is 18.7 Å². The van der Waals surface area contributed by atoms with Crippen molar-refractivity contribution in [2.75, 3.05) is 0 Å². The Morgan fingerprint density at radius 2 is 2.54 bits per heavy atom. The van der Waals surface area contributed by atoms with Crippen molar-refractivity contribution < 1.29 is 4.79 Å². The van der Waals surface area contributed by atoms with E-state index in [4.69, 9.17) is 17.3 Å². The molecule has 1 unspecified atom stereocenters. The SMILES string of the molecule is CC(CC(N)=O)n1cncc1CCl. The van der Waals surface area contributed by atoms with Gasteiger partial charge in [0.25, 0.3) is 0 Å². The molecule has 1 aromatic heterocycles. The predicted octanol–water partition coefficient (Wildman–Crippen LogP) is 1.06. The van der Waals surface area contributed by atoms with Crippen molar-refractivity contribution in [3.05, 3.63) is 18.2 Å². The van der Waals surface area contributed by atoms with Crippen molar-refractivity contribution in [3.8, 4) is 0 Å². The zero-order chi connectivity index (χ0) is 9.84. The van der Waals surface area contributed by atoms with Gasteiger partial charge in [0.2, 0.25) is 5.91 Å². The molecule has 4 nitrogen and oxygen atoms in total. The summed E-state index contributed by atoms with van der Waals surface area (Å²) in [6, 6.07) is 0.0220. The molecule has 1 heterocycles. The van der Waals surface area contributed by atoms with Gasteiger partial charge in [-0.05, 0) is 6.92 Å². The standard InChI is InChI=1S/C8H12ClN3O/c1-6(2-8(10)13)12-5-11-4-7(12)3-9/h4-6H,2-3H2,1H3,(H2,10,13). The molecule has 0 bridgehead atoms. The van der Waals surface area contributed by atoms with E-state index in [1.807, 2.05) is 11.5 Å². The van der Waals surface area contributed by atoms with Crippen LogP contribution in [0.1, 0.15) is 25.1 Å². The fourth-order valence-electron chi connectivity index (χ4n) is 1.22. The summed E-state index contributed by atoms with van der Waals surface area (Å²) in [6.45, 7) is 1.91. The first-order chi connectivity index (χ1) is 6.15. The van der Waals surface area contributed by atoms with Crippen LogP contribution in [0.15, 0.2) is 12.5 Å². The highest BCUT2D eigenvalue weighted by molar-refractivity contribution is 6.16. The van der Waals surface area contributed by atoms with Crippen LogP contribution in [0, 0.1) is 0 Å². The second-order valence-corrected chi connectivity index (χ2v) is 3.21. The zero-order valence-corrected chi connectivity index (χ0v) is 8.16. The molecule has 0 saturated carbocycles. The van der Waals surface area contributed by atoms with Gasteiger partial charge in [0.05, 0.1) is 17.9 Å². The normalized spacial score (nSPS) is 12.8. The molecule has 5 heteroatoms. The molecule has 0 aliphatic carbocycles. The van der Waals surface area contributed by atoms with Crippen LogP contribution < -0.4 is 5.73 Å². The van der Waals surface area contributed by atoms with E-state index in [0.717, 1.165) is 5.69 Å². The lowest BCUT2D eigenvalue weighted by atomic mass is 10.2. The van der Waals surface area contributed by atoms with Gasteiger partial charge < -0.3 is 10.3 Å². The van der Waals surface area contributed by atoms with Crippen LogP contribution in [0.2, 0.25) is 0 Å². The number of halogens is 1. The fourth-order valence-corrected chi connectivity index (χ4v) is 1.43. The van der Waals surface area contributed by atoms with Crippen molar-refractivity contribution in [2.45, 2.75) is 25.3 Å². The Bertz CT molecular complexity index is 297. The molecule has 0 fully saturated rings. The number of nitrogens with zero attached hydrogens (tertiary/aromatic N) is 2. The lowest BCUT2D eigenvalue weighted by molar-refractivity contribution is -0.118. The molecule has 0 aliphatic heterocycles. The molecule has 0 spiro atoms. The summed E-state index contributed by atoms with van der Waals surface area (Å²) in [7, 11) is 0. The van der Waals surface area contributed by atoms with Crippen LogP contribution in [-0.2, 0) is 10.7 Å². The second kappa shape index (κ2) is 4.28. The average Bonchev–Trinajstić information content (AvgIpc) is 2.49. The number of hydrogen-bond donors (Lipinski definition) is 1. The molecule has 1 amide bonds. The van der Waals surface area contributed by atoms with E-state index in [9.17, 15) is 4.79 Å². The molecule has 0 aromatic carbocycles. The maximum Gasteiger partial charge on any atom is 0.219 e. The van der Waals surface area contributed by atoms with Gasteiger partial charge in [0.1, 0.15) is 0 Å². The maximum absolute atomic E-state index is 10.7. The minimum Gasteiger partial charge on any atom is -0.370 e. The summed E-state index contributed by atoms with van der Waals surface area (Å²) in [5.41, 5.74) is 5.98. The Hall–Kier alpha value is -1.03. The van der Waals surface area contributed by atoms with Crippen molar-refractivity contribution >= 4 is 17.5 Å². The van der Waals surface area contributed by atoms with E-state index in [1.54, 1.807) is 12.5 Å². The monoisotopic (exact) mass is 201 g/mol. The summed E-state index contributed by atoms with van der Waals surface area (Å²) in [5, 5.41) is 0. The number of carbonyl (C=O) groups is 1. The number of primary amides is 1. The minimum absolute atomic E-state index is 0.0220. The van der Waals surface area contributed by atoms with Gasteiger partial charge >= 0.3 is 0 Å². The molecule has 0 radical (unpaired) electrons. The van der Waals surface area contributed by atoms with Gasteiger partial charge in [-0.2, -0.15) is 0 Å². The van der Waals surface area contributed by atoms with E-state index in [0.29, 0.717) is 12.3 Å². The molecule has 0 saturated heterocycles. The minimum atomic E-state index is -0.318. The van der Waals surface area contributed by atoms with Gasteiger partial charge in [-0.3, -0.25) is 4.79 Å². The third-order valence-corrected chi connectivity index (χ3v) is 2.13. The third-order valence-electron chi connectivity index (χ3n) is 1.85. The van der Waals surface area contributed by atoms with Gasteiger partial charge in [-0.25, -0.2) is 4.98 Å². The molecular formula is C8H12ClN3O. The number of hydrogen-bond acceptors (Lipinski definition) is 2. The van der Waals surface area contributed by atoms with E-state index < -0.39 is 0 Å². The lowest BCUT2D eigenvalue weighted by Crippen LogP contribution is -2.17. The molecular weight excluding hydrogens is 190 g/mol. The molecule has 1 atom stereocenters. The van der Waals surface area contributed by atoms with Crippen molar-refractivity contribution in [3.63, 3.8) is 0 Å². The van der Waals surface area contributed by atoms with Crippen LogP contribution >= 0.6 is 11.6 Å². The smallest absolute Gasteiger partial charge is 0.219 e. The largest absolute Gasteiger partial charge is 0.370 e. The molecule has 1 rings (SSSR count). The van der Waals surface area contributed by atoms with E-state index in [-0.39, 0.29) is 11.9 Å². The first-order valence-electron chi connectivity index (χ1n) is 4.00. The van der Waals surface area contributed by atoms with Crippen LogP contribution in [0.5, 0.6) is 0 Å². The first kappa shape index (κ1) is 10.1. The quantitative estimate of drug-likeness (QED) is 0.741. The molecule has 2 N–H and O–H groups in total. The zero-order valence-electron chi connectivity index (χ0n) is 7.40. The van der Waals surface area contributed by atoms with Crippen LogP contribution in [0.25, 0.3) is 0 Å². The van der Waals surface area contributed by atoms with Gasteiger partial charge in [0.15, 0.2) is 0 Å². The number of amides is 1. The number of carbonyl (C=O) groups excluding carboxylic acids is 1. The summed E-state index contributed by atoms with van der Waals surface area (Å²) in [4.78, 5) is 14.6. The number of rotatable bonds is 4. The van der Waals surface area contributed by atoms with Crippen molar-refractivity contribution in [1.29, 1.82) is 0 Å². The fraction of sp³-hybridized carbons (Fsp3) is 0.500. The number of imidazole rings is 1. The van der Waals surface area contributed by atoms with Gasteiger partial charge in [-0.1, -0.05) is 0 Å². The Morgan fingerprint density at radius 1 is 1.85 bits per heavy atom. The third kappa shape index (κ3) is 2.45. The summed E-state index contributed by atoms with van der Waals surface area (Å²) >= 11 is 5.68. The summed E-state index contributed by atoms with van der Waals surface area (Å²) < 4.78 is 1.86. The number of alkyl halides is 1. The van der Waals surface area contributed by atoms with E-state index in [1.165, 1.54) is 0 Å². The number of aromatic nitrogens is 2. The highest BCUT2D eigenvalue weighted by Crippen LogP contribution is 2.14. The van der Waals surface area contributed by atoms with Crippen LogP contribution in [-0.4, -0.2) is 15.5 Å². The molecule has 1 aromatic rings. The summed E-state index contributed by atoms with van der Waals surface area (Å²) in [6.07, 6.45) is 3.65. The highest BCUT2D eigenvalue weighted by atomic mass is 35.5. The Balaban J connectivity index is 2.75. The van der Waals surface area contributed by atoms with Crippen LogP contribution in [0.4, 0.5) is 0 Å². The van der Waals surface area contributed by atoms with E-state index in [2.05, 4.69) is 4.98 Å². The van der Waals surface area contributed by atoms with Crippen molar-refractivity contribution in [2.24, 2.45) is 5.73 Å². The molecule has 13 heavy (non-hydrogen) atoms. The molecule has 0 aliphatic rings. The average molecular weight is 202 g/mol. The molecule has 72 valence electrons.